The molecule has 3 aromatic carbocycles. The van der Waals surface area contributed by atoms with Gasteiger partial charge in [-0.05, 0) is 78.4 Å². The number of hydrazine groups is 1. The van der Waals surface area contributed by atoms with Gasteiger partial charge in [0.2, 0.25) is 5.91 Å². The van der Waals surface area contributed by atoms with E-state index < -0.39 is 6.03 Å². The number of halogens is 2. The van der Waals surface area contributed by atoms with Crippen molar-refractivity contribution in [2.24, 2.45) is 0 Å². The first-order valence-electron chi connectivity index (χ1n) is 11.8. The molecule has 2 heterocycles. The number of nitrogens with one attached hydrogen (secondary N) is 2. The van der Waals surface area contributed by atoms with Crippen LogP contribution in [0.3, 0.4) is 0 Å². The smallest absolute Gasteiger partial charge is 0.343 e. The number of para-hydroxylation sites is 1. The number of hydrogen-bond donors (Lipinski definition) is 2. The molecular formula is C28H26ClFN4O2. The van der Waals surface area contributed by atoms with Crippen molar-refractivity contribution in [3.05, 3.63) is 100.0 Å². The fourth-order valence-corrected chi connectivity index (χ4v) is 4.86. The van der Waals surface area contributed by atoms with Gasteiger partial charge < -0.3 is 4.98 Å². The van der Waals surface area contributed by atoms with E-state index in [0.717, 1.165) is 40.6 Å². The molecule has 36 heavy (non-hydrogen) atoms. The molecule has 0 aliphatic carbocycles. The summed E-state index contributed by atoms with van der Waals surface area (Å²) in [6.07, 6.45) is 2.32. The Labute approximate surface area is 213 Å². The van der Waals surface area contributed by atoms with Crippen LogP contribution < -0.4 is 10.3 Å². The Balaban J connectivity index is 1.51. The molecule has 0 fully saturated rings. The molecule has 0 unspecified atom stereocenters. The number of rotatable bonds is 1. The van der Waals surface area contributed by atoms with Crippen LogP contribution in [0, 0.1) is 5.82 Å². The van der Waals surface area contributed by atoms with Crippen LogP contribution in [0.4, 0.5) is 14.9 Å². The Kier molecular flexibility index (Phi) is 6.65. The third kappa shape index (κ3) is 5.06. The second-order valence-corrected chi connectivity index (χ2v) is 9.50. The quantitative estimate of drug-likeness (QED) is 0.345. The van der Waals surface area contributed by atoms with Gasteiger partial charge >= 0.3 is 6.03 Å². The lowest BCUT2D eigenvalue weighted by molar-refractivity contribution is -0.124. The summed E-state index contributed by atoms with van der Waals surface area (Å²) in [6.45, 7) is 0.0218. The highest BCUT2D eigenvalue weighted by Gasteiger charge is 2.24. The number of hydrogen-bond acceptors (Lipinski definition) is 2. The van der Waals surface area contributed by atoms with Crippen molar-refractivity contribution in [1.82, 2.24) is 15.4 Å². The minimum absolute atomic E-state index is 0.0218. The van der Waals surface area contributed by atoms with Crippen LogP contribution in [0.5, 0.6) is 0 Å². The summed E-state index contributed by atoms with van der Waals surface area (Å²) in [4.78, 5) is 31.6. The fraction of sp³-hybridized carbons (Fsp3) is 0.214. The standard InChI is InChI=1S/C28H26ClFN4O2/c1-33(22-11-9-20(29)10-12-22)28(36)34-17-19-13-18(14-21(30)15-19)5-4-8-26-24(16-27(35)32-34)23-6-2-3-7-25(23)31-26/h2-3,6-7,9-15,31H,4-5,8,16-17H2,1H3,(H,32,35). The highest BCUT2D eigenvalue weighted by molar-refractivity contribution is 6.30. The number of benzene rings is 3. The lowest BCUT2D eigenvalue weighted by atomic mass is 10.0. The monoisotopic (exact) mass is 504 g/mol. The van der Waals surface area contributed by atoms with Crippen LogP contribution in [0.25, 0.3) is 10.9 Å². The van der Waals surface area contributed by atoms with E-state index in [1.54, 1.807) is 31.3 Å². The molecule has 3 amide bonds. The van der Waals surface area contributed by atoms with Gasteiger partial charge in [-0.25, -0.2) is 14.2 Å². The molecular weight excluding hydrogens is 479 g/mol. The Bertz CT molecular complexity index is 1430. The molecule has 8 heteroatoms. The molecule has 0 saturated heterocycles. The van der Waals surface area contributed by atoms with Crippen molar-refractivity contribution >= 4 is 40.1 Å². The number of aromatic amines is 1. The molecule has 4 aromatic rings. The Morgan fingerprint density at radius 3 is 2.58 bits per heavy atom. The summed E-state index contributed by atoms with van der Waals surface area (Å²) in [6, 6.07) is 19.1. The number of H-pyrrole nitrogens is 1. The fourth-order valence-electron chi connectivity index (χ4n) is 4.74. The summed E-state index contributed by atoms with van der Waals surface area (Å²) >= 11 is 6.00. The largest absolute Gasteiger partial charge is 0.358 e. The first-order chi connectivity index (χ1) is 17.4. The van der Waals surface area contributed by atoms with Crippen LogP contribution in [-0.4, -0.2) is 29.0 Å². The first-order valence-corrected chi connectivity index (χ1v) is 12.2. The predicted octanol–water partition coefficient (Wildman–Crippen LogP) is 5.78. The van der Waals surface area contributed by atoms with Gasteiger partial charge in [0, 0.05) is 34.4 Å². The zero-order chi connectivity index (χ0) is 25.2. The van der Waals surface area contributed by atoms with Gasteiger partial charge in [-0.2, -0.15) is 0 Å². The summed E-state index contributed by atoms with van der Waals surface area (Å²) in [7, 11) is 1.62. The number of fused-ring (bicyclic) bond motifs is 5. The van der Waals surface area contributed by atoms with Gasteiger partial charge in [0.1, 0.15) is 5.82 Å². The van der Waals surface area contributed by atoms with Crippen LogP contribution in [-0.2, 0) is 30.6 Å². The molecule has 2 bridgehead atoms. The van der Waals surface area contributed by atoms with Crippen molar-refractivity contribution in [3.63, 3.8) is 0 Å². The third-order valence-electron chi connectivity index (χ3n) is 6.48. The average molecular weight is 505 g/mol. The Morgan fingerprint density at radius 2 is 1.78 bits per heavy atom. The summed E-state index contributed by atoms with van der Waals surface area (Å²) in [5, 5.41) is 2.78. The van der Waals surface area contributed by atoms with E-state index in [2.05, 4.69) is 10.4 Å². The topological polar surface area (TPSA) is 68.4 Å². The molecule has 2 N–H and O–H groups in total. The predicted molar refractivity (Wildman–Crippen MR) is 139 cm³/mol. The van der Waals surface area contributed by atoms with Crippen molar-refractivity contribution < 1.29 is 14.0 Å². The van der Waals surface area contributed by atoms with Gasteiger partial charge in [-0.1, -0.05) is 35.9 Å². The van der Waals surface area contributed by atoms with Gasteiger partial charge in [-0.3, -0.25) is 15.1 Å². The maximum Gasteiger partial charge on any atom is 0.343 e. The highest BCUT2D eigenvalue weighted by atomic mass is 35.5. The van der Waals surface area contributed by atoms with Crippen LogP contribution in [0.2, 0.25) is 5.02 Å². The molecule has 6 nitrogen and oxygen atoms in total. The van der Waals surface area contributed by atoms with E-state index in [1.807, 2.05) is 30.3 Å². The maximum atomic E-state index is 14.5. The van der Waals surface area contributed by atoms with Gasteiger partial charge in [0.25, 0.3) is 0 Å². The molecule has 0 radical (unpaired) electrons. The normalized spacial score (nSPS) is 14.3. The van der Waals surface area contributed by atoms with Crippen molar-refractivity contribution in [3.8, 4) is 0 Å². The van der Waals surface area contributed by atoms with Crippen LogP contribution in [0.1, 0.15) is 28.8 Å². The van der Waals surface area contributed by atoms with E-state index in [-0.39, 0.29) is 24.7 Å². The minimum atomic E-state index is -0.453. The highest BCUT2D eigenvalue weighted by Crippen LogP contribution is 2.26. The summed E-state index contributed by atoms with van der Waals surface area (Å²) < 4.78 is 14.5. The van der Waals surface area contributed by atoms with E-state index in [4.69, 9.17) is 11.6 Å². The first kappa shape index (κ1) is 23.9. The molecule has 1 aromatic heterocycles. The molecule has 184 valence electrons. The molecule has 0 atom stereocenters. The van der Waals surface area contributed by atoms with E-state index in [9.17, 15) is 14.0 Å². The summed E-state index contributed by atoms with van der Waals surface area (Å²) in [5.74, 6) is -0.691. The number of aromatic nitrogens is 1. The average Bonchev–Trinajstić information content (AvgIpc) is 3.19. The zero-order valence-corrected chi connectivity index (χ0v) is 20.6. The van der Waals surface area contributed by atoms with Crippen molar-refractivity contribution in [2.45, 2.75) is 32.2 Å². The molecule has 0 spiro atoms. The Morgan fingerprint density at radius 1 is 1.03 bits per heavy atom. The maximum absolute atomic E-state index is 14.5. The van der Waals surface area contributed by atoms with E-state index in [0.29, 0.717) is 22.7 Å². The van der Waals surface area contributed by atoms with Crippen LogP contribution >= 0.6 is 11.6 Å². The third-order valence-corrected chi connectivity index (χ3v) is 6.73. The molecule has 1 aliphatic heterocycles. The second-order valence-electron chi connectivity index (χ2n) is 9.06. The number of anilines is 1. The van der Waals surface area contributed by atoms with Crippen molar-refractivity contribution in [2.75, 3.05) is 11.9 Å². The number of nitrogens with zero attached hydrogens (tertiary/aromatic N) is 2. The number of urea groups is 1. The SMILES string of the molecule is CN(C(=O)N1Cc2cc(F)cc(c2)CCCc2[nH]c3ccccc3c2CC(=O)N1)c1ccc(Cl)cc1. The van der Waals surface area contributed by atoms with Gasteiger partial charge in [-0.15, -0.1) is 0 Å². The zero-order valence-electron chi connectivity index (χ0n) is 19.9. The number of carbonyl (C=O) groups excluding carboxylic acids is 2. The minimum Gasteiger partial charge on any atom is -0.358 e. The molecule has 1 aliphatic rings. The molecule has 0 saturated carbocycles. The second kappa shape index (κ2) is 10.0. The summed E-state index contributed by atoms with van der Waals surface area (Å²) in [5.41, 5.74) is 7.71. The number of amides is 3. The lowest BCUT2D eigenvalue weighted by Crippen LogP contribution is -2.51. The molecule has 5 rings (SSSR count). The van der Waals surface area contributed by atoms with Gasteiger partial charge in [0.15, 0.2) is 0 Å². The lowest BCUT2D eigenvalue weighted by Gasteiger charge is -2.29. The Hall–Kier alpha value is -3.84. The van der Waals surface area contributed by atoms with Crippen molar-refractivity contribution in [1.29, 1.82) is 0 Å². The van der Waals surface area contributed by atoms with E-state index in [1.165, 1.54) is 22.0 Å². The van der Waals surface area contributed by atoms with Gasteiger partial charge in [0.05, 0.1) is 13.0 Å². The number of aryl methyl sites for hydroxylation is 2. The van der Waals surface area contributed by atoms with E-state index >= 15 is 0 Å². The number of carbonyl (C=O) groups is 2. The van der Waals surface area contributed by atoms with Crippen LogP contribution in [0.15, 0.2) is 66.7 Å².